The van der Waals surface area contributed by atoms with E-state index in [1.165, 1.54) is 72.6 Å². The molecule has 1 heterocycles. The molecule has 0 saturated heterocycles. The molecular formula is C39H48ClN. The van der Waals surface area contributed by atoms with E-state index < -0.39 is 0 Å². The van der Waals surface area contributed by atoms with Crippen molar-refractivity contribution in [1.29, 1.82) is 0 Å². The van der Waals surface area contributed by atoms with E-state index in [1.54, 1.807) is 0 Å². The van der Waals surface area contributed by atoms with Crippen LogP contribution in [-0.4, -0.2) is 7.05 Å². The van der Waals surface area contributed by atoms with Crippen LogP contribution in [0, 0.1) is 13.8 Å². The summed E-state index contributed by atoms with van der Waals surface area (Å²) >= 11 is 7.13. The number of benzene rings is 2. The van der Waals surface area contributed by atoms with Crippen LogP contribution in [-0.2, 0) is 23.7 Å². The number of fused-ring (bicyclic) bond motifs is 2. The van der Waals surface area contributed by atoms with Crippen molar-refractivity contribution in [2.45, 2.75) is 105 Å². The third kappa shape index (κ3) is 4.89. The summed E-state index contributed by atoms with van der Waals surface area (Å²) in [5, 5.41) is 0.931. The van der Waals surface area contributed by atoms with E-state index >= 15 is 0 Å². The van der Waals surface area contributed by atoms with Gasteiger partial charge in [0.2, 0.25) is 0 Å². The lowest BCUT2D eigenvalue weighted by molar-refractivity contribution is 0.639. The molecule has 2 aliphatic carbocycles. The van der Waals surface area contributed by atoms with Crippen LogP contribution in [0.4, 0.5) is 5.69 Å². The molecule has 0 radical (unpaired) electrons. The van der Waals surface area contributed by atoms with Gasteiger partial charge in [-0.3, -0.25) is 0 Å². The van der Waals surface area contributed by atoms with Crippen LogP contribution in [0.3, 0.4) is 0 Å². The lowest BCUT2D eigenvalue weighted by Gasteiger charge is -2.25. The van der Waals surface area contributed by atoms with E-state index in [9.17, 15) is 0 Å². The molecule has 0 bridgehead atoms. The average Bonchev–Trinajstić information content (AvgIpc) is 3.22. The van der Waals surface area contributed by atoms with Crippen molar-refractivity contribution >= 4 is 22.9 Å². The maximum atomic E-state index is 7.13. The molecule has 2 aromatic rings. The molecule has 0 amide bonds. The quantitative estimate of drug-likeness (QED) is 0.348. The van der Waals surface area contributed by atoms with Crippen molar-refractivity contribution in [2.24, 2.45) is 0 Å². The van der Waals surface area contributed by atoms with E-state index in [1.807, 2.05) is 0 Å². The summed E-state index contributed by atoms with van der Waals surface area (Å²) in [7, 11) is 2.21. The Balaban J connectivity index is 1.47. The fraction of sp³-hybridized carbons (Fsp3) is 0.436. The number of aryl methyl sites for hydroxylation is 4. The molecule has 0 spiro atoms. The van der Waals surface area contributed by atoms with E-state index in [4.69, 9.17) is 11.6 Å². The Morgan fingerprint density at radius 1 is 0.805 bits per heavy atom. The molecule has 1 nitrogen and oxygen atoms in total. The summed E-state index contributed by atoms with van der Waals surface area (Å²) < 4.78 is 0. The van der Waals surface area contributed by atoms with Gasteiger partial charge in [-0.05, 0) is 126 Å². The molecule has 2 aromatic carbocycles. The van der Waals surface area contributed by atoms with Gasteiger partial charge in [-0.25, -0.2) is 0 Å². The minimum atomic E-state index is -0.0468. The second-order valence-electron chi connectivity index (χ2n) is 13.4. The first-order valence-corrected chi connectivity index (χ1v) is 15.9. The van der Waals surface area contributed by atoms with Gasteiger partial charge < -0.3 is 4.90 Å². The van der Waals surface area contributed by atoms with Crippen LogP contribution >= 0.6 is 11.6 Å². The lowest BCUT2D eigenvalue weighted by atomic mass is 9.79. The van der Waals surface area contributed by atoms with Crippen LogP contribution in [0.25, 0.3) is 5.57 Å². The number of anilines is 1. The Hall–Kier alpha value is -2.77. The van der Waals surface area contributed by atoms with Crippen molar-refractivity contribution in [3.8, 4) is 0 Å². The Kier molecular flexibility index (Phi) is 7.84. The molecule has 0 unspecified atom stereocenters. The predicted octanol–water partition coefficient (Wildman–Crippen LogP) is 11.0. The first kappa shape index (κ1) is 29.7. The number of nitrogens with zero attached hydrogens (tertiary/aromatic N) is 1. The standard InChI is InChI=1S/C39H48ClN/c1-11-27-22-31-26(5)32(38(6,7)33(31)20-24(27)3)18-16-29-14-13-15-30(37(29)40)17-19-36-39(8,9)34-21-25(4)28(12-2)23-35(34)41(36)10/h16-23H,11-15H2,1-10H3/b18-16+,30-17?,36-19-. The van der Waals surface area contributed by atoms with E-state index in [-0.39, 0.29) is 10.8 Å². The minimum Gasteiger partial charge on any atom is -0.347 e. The van der Waals surface area contributed by atoms with Gasteiger partial charge in [-0.15, -0.1) is 0 Å². The van der Waals surface area contributed by atoms with E-state index in [0.717, 1.165) is 37.1 Å². The SMILES string of the molecule is CCc1cc2c(cc1C)C(C)(C)C(/C=C/C1=C(Cl)C(=C/C=C3\N(C)c4cc(CC)c(C)cc4C3(C)C)CCC1)=C2C. The molecule has 5 rings (SSSR count). The molecule has 3 aliphatic rings. The highest BCUT2D eigenvalue weighted by Crippen LogP contribution is 2.49. The van der Waals surface area contributed by atoms with Crippen molar-refractivity contribution in [2.75, 3.05) is 11.9 Å². The topological polar surface area (TPSA) is 3.24 Å². The molecule has 0 aromatic heterocycles. The van der Waals surface area contributed by atoms with Crippen LogP contribution in [0.5, 0.6) is 0 Å². The van der Waals surface area contributed by atoms with Gasteiger partial charge in [0.25, 0.3) is 0 Å². The summed E-state index contributed by atoms with van der Waals surface area (Å²) in [6, 6.07) is 9.64. The highest BCUT2D eigenvalue weighted by atomic mass is 35.5. The molecule has 1 aliphatic heterocycles. The Morgan fingerprint density at radius 2 is 1.44 bits per heavy atom. The molecule has 41 heavy (non-hydrogen) atoms. The maximum absolute atomic E-state index is 7.13. The zero-order valence-electron chi connectivity index (χ0n) is 27.0. The van der Waals surface area contributed by atoms with Gasteiger partial charge in [0.05, 0.1) is 0 Å². The second kappa shape index (κ2) is 10.8. The smallest absolute Gasteiger partial charge is 0.0469 e. The molecule has 216 valence electrons. The Bertz CT molecular complexity index is 1570. The largest absolute Gasteiger partial charge is 0.347 e. The maximum Gasteiger partial charge on any atom is 0.0469 e. The second-order valence-corrected chi connectivity index (χ2v) is 13.8. The third-order valence-electron chi connectivity index (χ3n) is 10.2. The summed E-state index contributed by atoms with van der Waals surface area (Å²) in [5.74, 6) is 0. The fourth-order valence-corrected chi connectivity index (χ4v) is 7.85. The van der Waals surface area contributed by atoms with Crippen molar-refractivity contribution in [3.05, 3.63) is 115 Å². The lowest BCUT2D eigenvalue weighted by Crippen LogP contribution is -2.22. The molecular weight excluding hydrogens is 518 g/mol. The summed E-state index contributed by atoms with van der Waals surface area (Å²) in [4.78, 5) is 2.38. The van der Waals surface area contributed by atoms with Crippen LogP contribution in [0.2, 0.25) is 0 Å². The van der Waals surface area contributed by atoms with E-state index in [2.05, 4.69) is 123 Å². The molecule has 2 heteroatoms. The van der Waals surface area contributed by atoms with Crippen molar-refractivity contribution in [1.82, 2.24) is 0 Å². The van der Waals surface area contributed by atoms with Gasteiger partial charge in [0.1, 0.15) is 0 Å². The highest BCUT2D eigenvalue weighted by Gasteiger charge is 2.39. The van der Waals surface area contributed by atoms with Gasteiger partial charge in [-0.1, -0.05) is 89.6 Å². The first-order chi connectivity index (χ1) is 19.3. The summed E-state index contributed by atoms with van der Waals surface area (Å²) in [6.07, 6.45) is 14.6. The Labute approximate surface area is 254 Å². The average molecular weight is 566 g/mol. The Morgan fingerprint density at radius 3 is 2.10 bits per heavy atom. The number of hydrogen-bond donors (Lipinski definition) is 0. The van der Waals surface area contributed by atoms with Crippen molar-refractivity contribution in [3.63, 3.8) is 0 Å². The number of rotatable bonds is 5. The van der Waals surface area contributed by atoms with Crippen LogP contribution < -0.4 is 4.90 Å². The summed E-state index contributed by atoms with van der Waals surface area (Å²) in [5.41, 5.74) is 17.9. The van der Waals surface area contributed by atoms with Gasteiger partial charge >= 0.3 is 0 Å². The number of likely N-dealkylation sites (N-methyl/N-ethyl adjacent to an activating group) is 1. The molecule has 0 atom stereocenters. The first-order valence-electron chi connectivity index (χ1n) is 15.5. The summed E-state index contributed by atoms with van der Waals surface area (Å²) in [6.45, 7) is 20.7. The van der Waals surface area contributed by atoms with Crippen molar-refractivity contribution < 1.29 is 0 Å². The highest BCUT2D eigenvalue weighted by molar-refractivity contribution is 6.32. The zero-order chi connectivity index (χ0) is 29.9. The van der Waals surface area contributed by atoms with Gasteiger partial charge in [0, 0.05) is 34.3 Å². The monoisotopic (exact) mass is 565 g/mol. The molecule has 0 N–H and O–H groups in total. The van der Waals surface area contributed by atoms with Crippen LogP contribution in [0.1, 0.15) is 107 Å². The normalized spacial score (nSPS) is 21.6. The number of hydrogen-bond acceptors (Lipinski definition) is 1. The zero-order valence-corrected chi connectivity index (χ0v) is 27.7. The van der Waals surface area contributed by atoms with Crippen LogP contribution in [0.15, 0.2) is 76.0 Å². The van der Waals surface area contributed by atoms with Gasteiger partial charge in [-0.2, -0.15) is 0 Å². The van der Waals surface area contributed by atoms with E-state index in [0.29, 0.717) is 0 Å². The third-order valence-corrected chi connectivity index (χ3v) is 10.7. The van der Waals surface area contributed by atoms with Gasteiger partial charge in [0.15, 0.2) is 0 Å². The predicted molar refractivity (Wildman–Crippen MR) is 180 cm³/mol. The number of halogens is 1. The molecule has 0 fully saturated rings. The fourth-order valence-electron chi connectivity index (χ4n) is 7.53. The number of allylic oxidation sites excluding steroid dienone is 10. The molecule has 0 saturated carbocycles. The minimum absolute atomic E-state index is 0.0125.